The van der Waals surface area contributed by atoms with Crippen LogP contribution >= 0.6 is 0 Å². The van der Waals surface area contributed by atoms with Crippen molar-refractivity contribution in [1.29, 1.82) is 0 Å². The van der Waals surface area contributed by atoms with E-state index >= 15 is 0 Å². The number of allylic oxidation sites excluding steroid dienone is 2. The van der Waals surface area contributed by atoms with Gasteiger partial charge in [-0.25, -0.2) is 4.79 Å². The molecule has 0 heterocycles. The molecule has 3 aromatic rings. The van der Waals surface area contributed by atoms with Crippen molar-refractivity contribution in [3.05, 3.63) is 107 Å². The van der Waals surface area contributed by atoms with Crippen LogP contribution in [0.25, 0.3) is 23.3 Å². The van der Waals surface area contributed by atoms with E-state index in [-0.39, 0.29) is 5.97 Å². The fraction of sp³-hybridized carbons (Fsp3) is 0.115. The highest BCUT2D eigenvalue weighted by Crippen LogP contribution is 2.25. The summed E-state index contributed by atoms with van der Waals surface area (Å²) in [4.78, 5) is 11.7. The molecule has 0 aliphatic heterocycles. The number of hydrogen-bond acceptors (Lipinski definition) is 2. The Hall–Kier alpha value is -3.39. The Bertz CT molecular complexity index is 978. The van der Waals surface area contributed by atoms with Crippen LogP contribution in [-0.2, 0) is 4.74 Å². The molecule has 3 rings (SSSR count). The van der Waals surface area contributed by atoms with Gasteiger partial charge in [0.1, 0.15) is 0 Å². The van der Waals surface area contributed by atoms with Crippen LogP contribution < -0.4 is 0 Å². The molecule has 2 nitrogen and oxygen atoms in total. The average molecular weight is 368 g/mol. The van der Waals surface area contributed by atoms with Gasteiger partial charge in [0.25, 0.3) is 0 Å². The fourth-order valence-corrected chi connectivity index (χ4v) is 2.91. The van der Waals surface area contributed by atoms with E-state index in [9.17, 15) is 4.79 Å². The fourth-order valence-electron chi connectivity index (χ4n) is 2.91. The second kappa shape index (κ2) is 9.52. The van der Waals surface area contributed by atoms with Gasteiger partial charge in [0.2, 0.25) is 0 Å². The molecule has 0 atom stereocenters. The molecule has 0 aromatic heterocycles. The van der Waals surface area contributed by atoms with Crippen LogP contribution in [0.3, 0.4) is 0 Å². The molecular weight excluding hydrogens is 344 g/mol. The van der Waals surface area contributed by atoms with Crippen molar-refractivity contribution in [2.24, 2.45) is 0 Å². The first-order chi connectivity index (χ1) is 13.7. The highest BCUT2D eigenvalue weighted by Gasteiger charge is 2.04. The molecule has 0 fully saturated rings. The highest BCUT2D eigenvalue weighted by atomic mass is 16.5. The van der Waals surface area contributed by atoms with Gasteiger partial charge in [0.05, 0.1) is 12.2 Å². The van der Waals surface area contributed by atoms with Crippen molar-refractivity contribution < 1.29 is 9.53 Å². The molecule has 0 amide bonds. The molecule has 2 heteroatoms. The zero-order valence-corrected chi connectivity index (χ0v) is 16.3. The van der Waals surface area contributed by atoms with Gasteiger partial charge in [-0.05, 0) is 48.2 Å². The molecule has 140 valence electrons. The minimum atomic E-state index is -0.286. The Balaban J connectivity index is 1.71. The standard InChI is InChI=1S/C26H24O2/c1-3-28-26(27)24-18-14-21(15-19-24)8-4-5-9-22-10-6-7-11-25(22)23-16-12-20(2)13-17-23/h4-19H,3H2,1-2H3/b8-4+,9-5+. The minimum Gasteiger partial charge on any atom is -0.462 e. The highest BCUT2D eigenvalue weighted by molar-refractivity contribution is 5.89. The van der Waals surface area contributed by atoms with Crippen LogP contribution in [-0.4, -0.2) is 12.6 Å². The number of hydrogen-bond donors (Lipinski definition) is 0. The summed E-state index contributed by atoms with van der Waals surface area (Å²) in [5.41, 5.74) is 6.46. The molecule has 0 aliphatic carbocycles. The van der Waals surface area contributed by atoms with Gasteiger partial charge in [0.15, 0.2) is 0 Å². The van der Waals surface area contributed by atoms with E-state index in [1.165, 1.54) is 22.3 Å². The van der Waals surface area contributed by atoms with Crippen LogP contribution in [0, 0.1) is 6.92 Å². The predicted molar refractivity (Wildman–Crippen MR) is 117 cm³/mol. The van der Waals surface area contributed by atoms with E-state index in [4.69, 9.17) is 4.74 Å². The maximum atomic E-state index is 11.7. The van der Waals surface area contributed by atoms with Crippen LogP contribution in [0.4, 0.5) is 0 Å². The lowest BCUT2D eigenvalue weighted by Crippen LogP contribution is -2.03. The monoisotopic (exact) mass is 368 g/mol. The van der Waals surface area contributed by atoms with Crippen LogP contribution in [0.15, 0.2) is 84.9 Å². The van der Waals surface area contributed by atoms with E-state index in [2.05, 4.69) is 61.5 Å². The van der Waals surface area contributed by atoms with E-state index in [0.717, 1.165) is 5.56 Å². The van der Waals surface area contributed by atoms with Crippen LogP contribution in [0.2, 0.25) is 0 Å². The van der Waals surface area contributed by atoms with Crippen molar-refractivity contribution in [2.75, 3.05) is 6.61 Å². The first kappa shape index (κ1) is 19.4. The Morgan fingerprint density at radius 3 is 2.25 bits per heavy atom. The van der Waals surface area contributed by atoms with Crippen LogP contribution in [0.5, 0.6) is 0 Å². The largest absolute Gasteiger partial charge is 0.462 e. The van der Waals surface area contributed by atoms with E-state index in [1.807, 2.05) is 30.4 Å². The molecular formula is C26H24O2. The summed E-state index contributed by atoms with van der Waals surface area (Å²) in [6, 6.07) is 24.4. The van der Waals surface area contributed by atoms with Crippen molar-refractivity contribution >= 4 is 18.1 Å². The second-order valence-corrected chi connectivity index (χ2v) is 6.51. The maximum Gasteiger partial charge on any atom is 0.338 e. The summed E-state index contributed by atoms with van der Waals surface area (Å²) < 4.78 is 5.00. The molecule has 0 radical (unpaired) electrons. The van der Waals surface area contributed by atoms with E-state index < -0.39 is 0 Å². The van der Waals surface area contributed by atoms with Gasteiger partial charge < -0.3 is 4.74 Å². The van der Waals surface area contributed by atoms with Crippen molar-refractivity contribution in [1.82, 2.24) is 0 Å². The van der Waals surface area contributed by atoms with E-state index in [0.29, 0.717) is 12.2 Å². The summed E-state index contributed by atoms with van der Waals surface area (Å²) in [5, 5.41) is 0. The normalized spacial score (nSPS) is 11.2. The lowest BCUT2D eigenvalue weighted by Gasteiger charge is -2.06. The number of esters is 1. The second-order valence-electron chi connectivity index (χ2n) is 6.51. The number of carbonyl (C=O) groups excluding carboxylic acids is 1. The number of rotatable bonds is 6. The Morgan fingerprint density at radius 1 is 0.857 bits per heavy atom. The molecule has 28 heavy (non-hydrogen) atoms. The quantitative estimate of drug-likeness (QED) is 0.363. The van der Waals surface area contributed by atoms with Crippen molar-refractivity contribution in [2.45, 2.75) is 13.8 Å². The summed E-state index contributed by atoms with van der Waals surface area (Å²) in [5.74, 6) is -0.286. The number of benzene rings is 3. The van der Waals surface area contributed by atoms with Gasteiger partial charge in [-0.1, -0.05) is 90.5 Å². The topological polar surface area (TPSA) is 26.3 Å². The third-order valence-corrected chi connectivity index (χ3v) is 4.42. The molecule has 0 aliphatic rings. The molecule has 0 saturated heterocycles. The minimum absolute atomic E-state index is 0.286. The summed E-state index contributed by atoms with van der Waals surface area (Å²) in [7, 11) is 0. The van der Waals surface area contributed by atoms with Gasteiger partial charge in [-0.15, -0.1) is 0 Å². The third-order valence-electron chi connectivity index (χ3n) is 4.42. The first-order valence-corrected chi connectivity index (χ1v) is 9.45. The summed E-state index contributed by atoms with van der Waals surface area (Å²) in [6.07, 6.45) is 8.16. The predicted octanol–water partition coefficient (Wildman–Crippen LogP) is 6.57. The lowest BCUT2D eigenvalue weighted by molar-refractivity contribution is 0.0526. The van der Waals surface area contributed by atoms with Crippen molar-refractivity contribution in [3.63, 3.8) is 0 Å². The molecule has 0 saturated carbocycles. The number of ether oxygens (including phenoxy) is 1. The van der Waals surface area contributed by atoms with Crippen molar-refractivity contribution in [3.8, 4) is 11.1 Å². The third kappa shape index (κ3) is 5.08. The smallest absolute Gasteiger partial charge is 0.338 e. The molecule has 0 spiro atoms. The van der Waals surface area contributed by atoms with Gasteiger partial charge in [-0.2, -0.15) is 0 Å². The van der Waals surface area contributed by atoms with Gasteiger partial charge >= 0.3 is 5.97 Å². The Morgan fingerprint density at radius 2 is 1.54 bits per heavy atom. The maximum absolute atomic E-state index is 11.7. The zero-order chi connectivity index (χ0) is 19.8. The lowest BCUT2D eigenvalue weighted by atomic mass is 9.98. The molecule has 0 bridgehead atoms. The Labute approximate surface area is 166 Å². The molecule has 0 N–H and O–H groups in total. The summed E-state index contributed by atoms with van der Waals surface area (Å²) in [6.45, 7) is 4.29. The molecule has 0 unspecified atom stereocenters. The van der Waals surface area contributed by atoms with Gasteiger partial charge in [0, 0.05) is 0 Å². The SMILES string of the molecule is CCOC(=O)c1ccc(/C=C/C=C/c2ccccc2-c2ccc(C)cc2)cc1. The number of aryl methyl sites for hydroxylation is 1. The summed E-state index contributed by atoms with van der Waals surface area (Å²) >= 11 is 0. The molecule has 3 aromatic carbocycles. The van der Waals surface area contributed by atoms with Gasteiger partial charge in [-0.3, -0.25) is 0 Å². The average Bonchev–Trinajstić information content (AvgIpc) is 2.73. The van der Waals surface area contributed by atoms with Crippen LogP contribution in [0.1, 0.15) is 34.0 Å². The van der Waals surface area contributed by atoms with E-state index in [1.54, 1.807) is 19.1 Å². The zero-order valence-electron chi connectivity index (χ0n) is 16.3. The number of carbonyl (C=O) groups is 1. The Kier molecular flexibility index (Phi) is 6.59. The first-order valence-electron chi connectivity index (χ1n) is 9.45.